The first-order valence-corrected chi connectivity index (χ1v) is 6.43. The van der Waals surface area contributed by atoms with Gasteiger partial charge in [-0.15, -0.1) is 0 Å². The SMILES string of the molecule is CNc1cc2ncnc(NCc3ccccc3)c2cn1. The molecule has 0 unspecified atom stereocenters. The number of aromatic nitrogens is 3. The minimum atomic E-state index is 0.723. The first-order valence-electron chi connectivity index (χ1n) is 6.43. The number of fused-ring (bicyclic) bond motifs is 1. The van der Waals surface area contributed by atoms with Crippen molar-refractivity contribution in [2.75, 3.05) is 17.7 Å². The van der Waals surface area contributed by atoms with Gasteiger partial charge in [0.25, 0.3) is 0 Å². The summed E-state index contributed by atoms with van der Waals surface area (Å²) in [4.78, 5) is 12.9. The summed E-state index contributed by atoms with van der Waals surface area (Å²) < 4.78 is 0. The van der Waals surface area contributed by atoms with Gasteiger partial charge in [-0.05, 0) is 5.56 Å². The third kappa shape index (κ3) is 2.51. The van der Waals surface area contributed by atoms with Gasteiger partial charge in [0.05, 0.1) is 10.9 Å². The molecule has 2 N–H and O–H groups in total. The second-order valence-electron chi connectivity index (χ2n) is 4.40. The van der Waals surface area contributed by atoms with Gasteiger partial charge in [-0.1, -0.05) is 30.3 Å². The maximum atomic E-state index is 4.31. The predicted octanol–water partition coefficient (Wildman–Crippen LogP) is 2.68. The molecule has 0 atom stereocenters. The number of nitrogens with zero attached hydrogens (tertiary/aromatic N) is 3. The van der Waals surface area contributed by atoms with E-state index >= 15 is 0 Å². The average Bonchev–Trinajstić information content (AvgIpc) is 2.53. The van der Waals surface area contributed by atoms with Crippen molar-refractivity contribution in [3.63, 3.8) is 0 Å². The topological polar surface area (TPSA) is 62.7 Å². The lowest BCUT2D eigenvalue weighted by Crippen LogP contribution is -2.03. The summed E-state index contributed by atoms with van der Waals surface area (Å²) in [6, 6.07) is 12.1. The standard InChI is InChI=1S/C15H15N5/c1-16-14-7-13-12(9-17-14)15(20-10-19-13)18-8-11-5-3-2-4-6-11/h2-7,9-10H,8H2,1H3,(H,16,17)(H,18,19,20). The van der Waals surface area contributed by atoms with Gasteiger partial charge < -0.3 is 10.6 Å². The number of hydrogen-bond donors (Lipinski definition) is 2. The third-order valence-corrected chi connectivity index (χ3v) is 3.08. The number of pyridine rings is 1. The minimum Gasteiger partial charge on any atom is -0.373 e. The molecular weight excluding hydrogens is 250 g/mol. The quantitative estimate of drug-likeness (QED) is 0.759. The van der Waals surface area contributed by atoms with E-state index in [1.807, 2.05) is 31.3 Å². The van der Waals surface area contributed by atoms with Crippen molar-refractivity contribution in [3.05, 3.63) is 54.5 Å². The molecule has 0 spiro atoms. The summed E-state index contributed by atoms with van der Waals surface area (Å²) in [5, 5.41) is 7.25. The lowest BCUT2D eigenvalue weighted by molar-refractivity contribution is 1.10. The van der Waals surface area contributed by atoms with E-state index in [0.29, 0.717) is 0 Å². The largest absolute Gasteiger partial charge is 0.373 e. The number of anilines is 2. The molecule has 100 valence electrons. The number of rotatable bonds is 4. The first-order chi connectivity index (χ1) is 9.86. The van der Waals surface area contributed by atoms with E-state index in [-0.39, 0.29) is 0 Å². The van der Waals surface area contributed by atoms with Gasteiger partial charge in [-0.2, -0.15) is 0 Å². The molecule has 0 aliphatic heterocycles. The van der Waals surface area contributed by atoms with Gasteiger partial charge in [-0.25, -0.2) is 15.0 Å². The minimum absolute atomic E-state index is 0.723. The Bertz CT molecular complexity index is 712. The van der Waals surface area contributed by atoms with Gasteiger partial charge in [0.2, 0.25) is 0 Å². The average molecular weight is 265 g/mol. The molecule has 0 amide bonds. The maximum Gasteiger partial charge on any atom is 0.139 e. The molecule has 1 aromatic carbocycles. The zero-order chi connectivity index (χ0) is 13.8. The van der Waals surface area contributed by atoms with Gasteiger partial charge in [0.1, 0.15) is 18.0 Å². The van der Waals surface area contributed by atoms with E-state index in [0.717, 1.165) is 29.1 Å². The third-order valence-electron chi connectivity index (χ3n) is 3.08. The van der Waals surface area contributed by atoms with E-state index in [9.17, 15) is 0 Å². The lowest BCUT2D eigenvalue weighted by Gasteiger charge is -2.08. The molecule has 3 aromatic rings. The van der Waals surface area contributed by atoms with Crippen molar-refractivity contribution in [2.24, 2.45) is 0 Å². The molecule has 3 rings (SSSR count). The van der Waals surface area contributed by atoms with E-state index in [1.165, 1.54) is 5.56 Å². The molecule has 0 aliphatic rings. The molecule has 0 saturated carbocycles. The van der Waals surface area contributed by atoms with Crippen LogP contribution in [-0.2, 0) is 6.54 Å². The van der Waals surface area contributed by atoms with Crippen LogP contribution in [0.2, 0.25) is 0 Å². The normalized spacial score (nSPS) is 10.4. The Labute approximate surface area is 117 Å². The van der Waals surface area contributed by atoms with Crippen molar-refractivity contribution in [3.8, 4) is 0 Å². The smallest absolute Gasteiger partial charge is 0.139 e. The Kier molecular flexibility index (Phi) is 3.41. The van der Waals surface area contributed by atoms with E-state index in [1.54, 1.807) is 12.5 Å². The lowest BCUT2D eigenvalue weighted by atomic mass is 10.2. The Morgan fingerprint density at radius 2 is 1.90 bits per heavy atom. The molecule has 0 fully saturated rings. The van der Waals surface area contributed by atoms with E-state index < -0.39 is 0 Å². The Hall–Kier alpha value is -2.69. The van der Waals surface area contributed by atoms with Crippen LogP contribution < -0.4 is 10.6 Å². The van der Waals surface area contributed by atoms with Gasteiger partial charge in [0.15, 0.2) is 0 Å². The van der Waals surface area contributed by atoms with E-state index in [4.69, 9.17) is 0 Å². The number of benzene rings is 1. The number of hydrogen-bond acceptors (Lipinski definition) is 5. The molecule has 0 aliphatic carbocycles. The molecule has 20 heavy (non-hydrogen) atoms. The molecule has 0 saturated heterocycles. The second-order valence-corrected chi connectivity index (χ2v) is 4.40. The molecular formula is C15H15N5. The summed E-state index contributed by atoms with van der Waals surface area (Å²) >= 11 is 0. The summed E-state index contributed by atoms with van der Waals surface area (Å²) in [5.74, 6) is 1.60. The summed E-state index contributed by atoms with van der Waals surface area (Å²) in [6.07, 6.45) is 3.35. The molecule has 2 heterocycles. The first kappa shape index (κ1) is 12.3. The van der Waals surface area contributed by atoms with Crippen molar-refractivity contribution < 1.29 is 0 Å². The zero-order valence-corrected chi connectivity index (χ0v) is 11.2. The van der Waals surface area contributed by atoms with Crippen LogP contribution in [-0.4, -0.2) is 22.0 Å². The van der Waals surface area contributed by atoms with Gasteiger partial charge in [0, 0.05) is 25.9 Å². The number of nitrogens with one attached hydrogen (secondary N) is 2. The van der Waals surface area contributed by atoms with Crippen LogP contribution in [0.25, 0.3) is 10.9 Å². The fourth-order valence-corrected chi connectivity index (χ4v) is 2.01. The van der Waals surface area contributed by atoms with E-state index in [2.05, 4.69) is 37.7 Å². The molecule has 0 radical (unpaired) electrons. The van der Waals surface area contributed by atoms with Crippen molar-refractivity contribution in [2.45, 2.75) is 6.54 Å². The van der Waals surface area contributed by atoms with Gasteiger partial charge >= 0.3 is 0 Å². The van der Waals surface area contributed by atoms with Crippen LogP contribution in [0.3, 0.4) is 0 Å². The Morgan fingerprint density at radius 1 is 1.05 bits per heavy atom. The summed E-state index contributed by atoms with van der Waals surface area (Å²) in [6.45, 7) is 0.723. The Morgan fingerprint density at radius 3 is 2.70 bits per heavy atom. The monoisotopic (exact) mass is 265 g/mol. The molecule has 2 aromatic heterocycles. The van der Waals surface area contributed by atoms with Crippen LogP contribution in [0.15, 0.2) is 48.9 Å². The van der Waals surface area contributed by atoms with Crippen molar-refractivity contribution in [1.29, 1.82) is 0 Å². The molecule has 5 nitrogen and oxygen atoms in total. The van der Waals surface area contributed by atoms with Crippen LogP contribution >= 0.6 is 0 Å². The highest BCUT2D eigenvalue weighted by atomic mass is 15.0. The fraction of sp³-hybridized carbons (Fsp3) is 0.133. The fourth-order valence-electron chi connectivity index (χ4n) is 2.01. The maximum absolute atomic E-state index is 4.31. The second kappa shape index (κ2) is 5.52. The van der Waals surface area contributed by atoms with Crippen LogP contribution in [0.5, 0.6) is 0 Å². The highest BCUT2D eigenvalue weighted by Gasteiger charge is 2.04. The van der Waals surface area contributed by atoms with Crippen LogP contribution in [0.4, 0.5) is 11.6 Å². The van der Waals surface area contributed by atoms with Crippen molar-refractivity contribution >= 4 is 22.5 Å². The molecule has 0 bridgehead atoms. The van der Waals surface area contributed by atoms with Crippen LogP contribution in [0.1, 0.15) is 5.56 Å². The highest BCUT2D eigenvalue weighted by molar-refractivity contribution is 5.89. The predicted molar refractivity (Wildman–Crippen MR) is 80.6 cm³/mol. The highest BCUT2D eigenvalue weighted by Crippen LogP contribution is 2.20. The summed E-state index contributed by atoms with van der Waals surface area (Å²) in [5.41, 5.74) is 2.08. The molecule has 5 heteroatoms. The summed E-state index contributed by atoms with van der Waals surface area (Å²) in [7, 11) is 1.84. The zero-order valence-electron chi connectivity index (χ0n) is 11.2. The van der Waals surface area contributed by atoms with Crippen molar-refractivity contribution in [1.82, 2.24) is 15.0 Å². The van der Waals surface area contributed by atoms with Gasteiger partial charge in [-0.3, -0.25) is 0 Å². The van der Waals surface area contributed by atoms with Crippen LogP contribution in [0, 0.1) is 0 Å². The Balaban J connectivity index is 1.88.